The van der Waals surface area contributed by atoms with Gasteiger partial charge in [-0.1, -0.05) is 18.6 Å². The lowest BCUT2D eigenvalue weighted by Crippen LogP contribution is -2.43. The Morgan fingerprint density at radius 2 is 2.19 bits per heavy atom. The van der Waals surface area contributed by atoms with Crippen LogP contribution < -0.4 is 10.6 Å². The molecule has 2 N–H and O–H groups in total. The predicted octanol–water partition coefficient (Wildman–Crippen LogP) is 1.60. The van der Waals surface area contributed by atoms with Crippen LogP contribution in [0.1, 0.15) is 38.5 Å². The van der Waals surface area contributed by atoms with Gasteiger partial charge in [0, 0.05) is 18.5 Å². The maximum absolute atomic E-state index is 12.0. The van der Waals surface area contributed by atoms with Crippen molar-refractivity contribution >= 4 is 5.91 Å². The fourth-order valence-corrected chi connectivity index (χ4v) is 2.49. The Bertz CT molecular complexity index is 255. The largest absolute Gasteiger partial charge is 0.352 e. The molecule has 2 rings (SSSR count). The number of rotatable bonds is 2. The molecular formula is C13H22N2O. The van der Waals surface area contributed by atoms with E-state index in [4.69, 9.17) is 0 Å². The van der Waals surface area contributed by atoms with E-state index in [-0.39, 0.29) is 11.8 Å². The van der Waals surface area contributed by atoms with Crippen LogP contribution in [-0.2, 0) is 4.79 Å². The monoisotopic (exact) mass is 222 g/mol. The van der Waals surface area contributed by atoms with Gasteiger partial charge in [0.2, 0.25) is 5.91 Å². The number of hydrogen-bond acceptors (Lipinski definition) is 2. The molecule has 0 bridgehead atoms. The van der Waals surface area contributed by atoms with Crippen molar-refractivity contribution in [2.75, 3.05) is 13.1 Å². The Balaban J connectivity index is 1.78. The van der Waals surface area contributed by atoms with Crippen molar-refractivity contribution < 1.29 is 4.79 Å². The molecule has 3 nitrogen and oxygen atoms in total. The molecule has 1 aliphatic carbocycles. The molecule has 16 heavy (non-hydrogen) atoms. The highest BCUT2D eigenvalue weighted by atomic mass is 16.1. The normalized spacial score (nSPS) is 30.8. The van der Waals surface area contributed by atoms with Crippen LogP contribution in [0.15, 0.2) is 12.2 Å². The molecule has 2 unspecified atom stereocenters. The van der Waals surface area contributed by atoms with Gasteiger partial charge in [0.05, 0.1) is 0 Å². The van der Waals surface area contributed by atoms with Gasteiger partial charge in [0.25, 0.3) is 0 Å². The van der Waals surface area contributed by atoms with Crippen LogP contribution in [0.4, 0.5) is 0 Å². The molecule has 0 aromatic rings. The number of allylic oxidation sites excluding steroid dienone is 2. The Hall–Kier alpha value is -0.830. The van der Waals surface area contributed by atoms with Crippen molar-refractivity contribution in [1.82, 2.24) is 10.6 Å². The van der Waals surface area contributed by atoms with Crippen LogP contribution >= 0.6 is 0 Å². The summed E-state index contributed by atoms with van der Waals surface area (Å²) in [5, 5.41) is 6.57. The summed E-state index contributed by atoms with van der Waals surface area (Å²) in [6.07, 6.45) is 10.9. The molecule has 0 radical (unpaired) electrons. The van der Waals surface area contributed by atoms with Crippen LogP contribution in [-0.4, -0.2) is 25.0 Å². The Kier molecular flexibility index (Phi) is 4.40. The van der Waals surface area contributed by atoms with E-state index in [1.807, 2.05) is 0 Å². The maximum atomic E-state index is 12.0. The molecule has 0 aromatic carbocycles. The van der Waals surface area contributed by atoms with Gasteiger partial charge in [-0.2, -0.15) is 0 Å². The van der Waals surface area contributed by atoms with Crippen molar-refractivity contribution in [3.63, 3.8) is 0 Å². The number of carbonyl (C=O) groups excluding carboxylic acids is 1. The Morgan fingerprint density at radius 1 is 1.25 bits per heavy atom. The van der Waals surface area contributed by atoms with Crippen molar-refractivity contribution in [3.05, 3.63) is 12.2 Å². The average molecular weight is 222 g/mol. The van der Waals surface area contributed by atoms with E-state index in [0.29, 0.717) is 6.04 Å². The summed E-state index contributed by atoms with van der Waals surface area (Å²) in [4.78, 5) is 12.0. The number of carbonyl (C=O) groups is 1. The fourth-order valence-electron chi connectivity index (χ4n) is 2.49. The van der Waals surface area contributed by atoms with Gasteiger partial charge >= 0.3 is 0 Å². The smallest absolute Gasteiger partial charge is 0.223 e. The number of amides is 1. The molecule has 90 valence electrons. The van der Waals surface area contributed by atoms with Crippen molar-refractivity contribution in [3.8, 4) is 0 Å². The van der Waals surface area contributed by atoms with E-state index in [0.717, 1.165) is 38.8 Å². The SMILES string of the molecule is O=C(NC1CCCCNC1)C1CC=CCC1. The molecule has 0 aromatic heterocycles. The summed E-state index contributed by atoms with van der Waals surface area (Å²) >= 11 is 0. The molecule has 3 heteroatoms. The quantitative estimate of drug-likeness (QED) is 0.697. The lowest BCUT2D eigenvalue weighted by Gasteiger charge is -2.22. The molecule has 1 aliphatic heterocycles. The second-order valence-electron chi connectivity index (χ2n) is 4.89. The third-order valence-electron chi connectivity index (χ3n) is 3.53. The third-order valence-corrected chi connectivity index (χ3v) is 3.53. The van der Waals surface area contributed by atoms with Gasteiger partial charge in [-0.15, -0.1) is 0 Å². The molecule has 0 saturated carbocycles. The van der Waals surface area contributed by atoms with E-state index in [2.05, 4.69) is 22.8 Å². The lowest BCUT2D eigenvalue weighted by atomic mass is 9.93. The van der Waals surface area contributed by atoms with E-state index in [9.17, 15) is 4.79 Å². The zero-order valence-electron chi connectivity index (χ0n) is 9.87. The summed E-state index contributed by atoms with van der Waals surface area (Å²) < 4.78 is 0. The standard InChI is InChI=1S/C13H22N2O/c16-13(11-6-2-1-3-7-11)15-12-8-4-5-9-14-10-12/h1-2,11-12,14H,3-10H2,(H,15,16). The minimum atomic E-state index is 0.216. The molecular weight excluding hydrogens is 200 g/mol. The second-order valence-corrected chi connectivity index (χ2v) is 4.89. The first-order chi connectivity index (χ1) is 7.86. The van der Waals surface area contributed by atoms with Crippen LogP contribution in [0.5, 0.6) is 0 Å². The summed E-state index contributed by atoms with van der Waals surface area (Å²) in [5.74, 6) is 0.478. The highest BCUT2D eigenvalue weighted by molar-refractivity contribution is 5.79. The number of hydrogen-bond donors (Lipinski definition) is 2. The first-order valence-corrected chi connectivity index (χ1v) is 6.52. The predicted molar refractivity (Wildman–Crippen MR) is 65.1 cm³/mol. The van der Waals surface area contributed by atoms with E-state index < -0.39 is 0 Å². The molecule has 2 atom stereocenters. The number of nitrogens with one attached hydrogen (secondary N) is 2. The van der Waals surface area contributed by atoms with Crippen LogP contribution in [0.25, 0.3) is 0 Å². The third kappa shape index (κ3) is 3.34. The van der Waals surface area contributed by atoms with Crippen molar-refractivity contribution in [2.45, 2.75) is 44.6 Å². The van der Waals surface area contributed by atoms with Gasteiger partial charge in [0.1, 0.15) is 0 Å². The molecule has 1 fully saturated rings. The highest BCUT2D eigenvalue weighted by Crippen LogP contribution is 2.18. The lowest BCUT2D eigenvalue weighted by molar-refractivity contribution is -0.125. The summed E-state index contributed by atoms with van der Waals surface area (Å²) in [6, 6.07) is 0.348. The topological polar surface area (TPSA) is 41.1 Å². The van der Waals surface area contributed by atoms with Crippen LogP contribution in [0.3, 0.4) is 0 Å². The van der Waals surface area contributed by atoms with Gasteiger partial charge in [0.15, 0.2) is 0 Å². The molecule has 0 spiro atoms. The van der Waals surface area contributed by atoms with Crippen molar-refractivity contribution in [1.29, 1.82) is 0 Å². The van der Waals surface area contributed by atoms with Crippen molar-refractivity contribution in [2.24, 2.45) is 5.92 Å². The van der Waals surface area contributed by atoms with Crippen LogP contribution in [0, 0.1) is 5.92 Å². The molecule has 1 amide bonds. The average Bonchev–Trinajstić information content (AvgIpc) is 2.59. The Labute approximate surface area is 97.7 Å². The minimum Gasteiger partial charge on any atom is -0.352 e. The van der Waals surface area contributed by atoms with Gasteiger partial charge in [-0.25, -0.2) is 0 Å². The van der Waals surface area contributed by atoms with E-state index in [1.165, 1.54) is 12.8 Å². The zero-order valence-corrected chi connectivity index (χ0v) is 9.87. The van der Waals surface area contributed by atoms with Gasteiger partial charge in [-0.05, 0) is 38.6 Å². The fraction of sp³-hybridized carbons (Fsp3) is 0.769. The zero-order chi connectivity index (χ0) is 11.2. The van der Waals surface area contributed by atoms with E-state index in [1.54, 1.807) is 0 Å². The first-order valence-electron chi connectivity index (χ1n) is 6.52. The molecule has 1 saturated heterocycles. The molecule has 2 aliphatic rings. The second kappa shape index (κ2) is 6.04. The summed E-state index contributed by atoms with van der Waals surface area (Å²) in [7, 11) is 0. The maximum Gasteiger partial charge on any atom is 0.223 e. The van der Waals surface area contributed by atoms with Gasteiger partial charge in [-0.3, -0.25) is 4.79 Å². The van der Waals surface area contributed by atoms with Crippen LogP contribution in [0.2, 0.25) is 0 Å². The van der Waals surface area contributed by atoms with Gasteiger partial charge < -0.3 is 10.6 Å². The summed E-state index contributed by atoms with van der Waals surface area (Å²) in [5.41, 5.74) is 0. The Morgan fingerprint density at radius 3 is 3.00 bits per heavy atom. The molecule has 1 heterocycles. The highest BCUT2D eigenvalue weighted by Gasteiger charge is 2.21. The summed E-state index contributed by atoms with van der Waals surface area (Å²) in [6.45, 7) is 2.03. The van der Waals surface area contributed by atoms with E-state index >= 15 is 0 Å². The first kappa shape index (κ1) is 11.6. The minimum absolute atomic E-state index is 0.216.